The fourth-order valence-corrected chi connectivity index (χ4v) is 1.61. The van der Waals surface area contributed by atoms with E-state index in [2.05, 4.69) is 0 Å². The topological polar surface area (TPSA) is 72.6 Å². The van der Waals surface area contributed by atoms with E-state index in [1.807, 2.05) is 0 Å². The van der Waals surface area contributed by atoms with Crippen LogP contribution >= 0.6 is 0 Å². The molecule has 0 atom stereocenters. The van der Waals surface area contributed by atoms with Crippen LogP contribution in [0.2, 0.25) is 0 Å². The van der Waals surface area contributed by atoms with Crippen molar-refractivity contribution in [3.8, 4) is 5.75 Å². The lowest BCUT2D eigenvalue weighted by Gasteiger charge is -2.16. The molecule has 84 valence electrons. The van der Waals surface area contributed by atoms with E-state index in [0.29, 0.717) is 30.0 Å². The van der Waals surface area contributed by atoms with E-state index in [-0.39, 0.29) is 5.91 Å². The van der Waals surface area contributed by atoms with Gasteiger partial charge in [-0.1, -0.05) is 0 Å². The van der Waals surface area contributed by atoms with Crippen LogP contribution in [0.1, 0.15) is 16.8 Å². The number of fused-ring (bicyclic) bond motifs is 1. The molecule has 1 heterocycles. The number of amides is 2. The molecule has 1 aliphatic heterocycles. The molecule has 0 saturated carbocycles. The Labute approximate surface area is 92.8 Å². The number of carbonyl (C=O) groups is 2. The molecule has 0 unspecified atom stereocenters. The van der Waals surface area contributed by atoms with E-state index in [1.165, 1.54) is 4.90 Å². The Morgan fingerprint density at radius 1 is 1.50 bits per heavy atom. The van der Waals surface area contributed by atoms with Crippen LogP contribution < -0.4 is 15.4 Å². The Morgan fingerprint density at radius 3 is 2.94 bits per heavy atom. The fraction of sp³-hybridized carbons (Fsp3) is 0.273. The summed E-state index contributed by atoms with van der Waals surface area (Å²) in [6, 6.07) is 4.81. The average Bonchev–Trinajstić information content (AvgIpc) is 2.40. The molecule has 5 nitrogen and oxygen atoms in total. The first-order chi connectivity index (χ1) is 7.59. The first kappa shape index (κ1) is 10.5. The maximum atomic E-state index is 11.5. The Hall–Kier alpha value is -2.04. The van der Waals surface area contributed by atoms with E-state index >= 15 is 0 Å². The zero-order valence-electron chi connectivity index (χ0n) is 8.90. The van der Waals surface area contributed by atoms with Crippen molar-refractivity contribution in [3.63, 3.8) is 0 Å². The van der Waals surface area contributed by atoms with Gasteiger partial charge in [-0.25, -0.2) is 0 Å². The molecule has 5 heteroatoms. The highest BCUT2D eigenvalue weighted by Crippen LogP contribution is 2.31. The minimum atomic E-state index is -0.510. The van der Waals surface area contributed by atoms with Crippen LogP contribution in [0.25, 0.3) is 0 Å². The van der Waals surface area contributed by atoms with Crippen molar-refractivity contribution in [2.24, 2.45) is 5.73 Å². The van der Waals surface area contributed by atoms with E-state index in [0.717, 1.165) is 0 Å². The van der Waals surface area contributed by atoms with Gasteiger partial charge in [-0.2, -0.15) is 0 Å². The Bertz CT molecular complexity index is 457. The van der Waals surface area contributed by atoms with Gasteiger partial charge in [0.1, 0.15) is 5.75 Å². The standard InChI is InChI=1S/C11H12N2O3/c1-13-8-3-2-7(11(12)15)6-9(8)16-5-4-10(13)14/h2-3,6H,4-5H2,1H3,(H2,12,15). The molecule has 1 aromatic carbocycles. The van der Waals surface area contributed by atoms with Gasteiger partial charge in [0, 0.05) is 12.6 Å². The minimum absolute atomic E-state index is 0.00873. The molecular formula is C11H12N2O3. The lowest BCUT2D eigenvalue weighted by Crippen LogP contribution is -2.25. The van der Waals surface area contributed by atoms with Crippen LogP contribution in [0, 0.1) is 0 Å². The van der Waals surface area contributed by atoms with Crippen molar-refractivity contribution in [1.29, 1.82) is 0 Å². The molecule has 1 aliphatic rings. The van der Waals surface area contributed by atoms with Crippen molar-refractivity contribution in [1.82, 2.24) is 0 Å². The molecule has 0 saturated heterocycles. The summed E-state index contributed by atoms with van der Waals surface area (Å²) in [6.45, 7) is 0.318. The molecule has 16 heavy (non-hydrogen) atoms. The summed E-state index contributed by atoms with van der Waals surface area (Å²) in [5.74, 6) is -0.000137. The number of nitrogens with zero attached hydrogens (tertiary/aromatic N) is 1. The van der Waals surface area contributed by atoms with Crippen molar-refractivity contribution < 1.29 is 14.3 Å². The third-order valence-electron chi connectivity index (χ3n) is 2.55. The molecular weight excluding hydrogens is 208 g/mol. The van der Waals surface area contributed by atoms with Gasteiger partial charge in [0.25, 0.3) is 0 Å². The first-order valence-electron chi connectivity index (χ1n) is 4.93. The summed E-state index contributed by atoms with van der Waals surface area (Å²) in [7, 11) is 1.68. The van der Waals surface area contributed by atoms with Crippen molar-refractivity contribution in [2.75, 3.05) is 18.6 Å². The Balaban J connectivity index is 2.47. The second-order valence-electron chi connectivity index (χ2n) is 3.60. The normalized spacial score (nSPS) is 15.1. The molecule has 0 fully saturated rings. The van der Waals surface area contributed by atoms with Crippen LogP contribution in [-0.2, 0) is 4.79 Å². The Morgan fingerprint density at radius 2 is 2.25 bits per heavy atom. The molecule has 0 spiro atoms. The summed E-state index contributed by atoms with van der Waals surface area (Å²) in [4.78, 5) is 24.1. The highest BCUT2D eigenvalue weighted by molar-refractivity contribution is 5.98. The highest BCUT2D eigenvalue weighted by Gasteiger charge is 2.20. The molecule has 0 aromatic heterocycles. The number of primary amides is 1. The monoisotopic (exact) mass is 220 g/mol. The zero-order valence-corrected chi connectivity index (χ0v) is 8.90. The van der Waals surface area contributed by atoms with Gasteiger partial charge in [-0.15, -0.1) is 0 Å². The van der Waals surface area contributed by atoms with Gasteiger partial charge in [-0.3, -0.25) is 9.59 Å². The van der Waals surface area contributed by atoms with Crippen molar-refractivity contribution in [2.45, 2.75) is 6.42 Å². The largest absolute Gasteiger partial charge is 0.491 e. The van der Waals surface area contributed by atoms with Gasteiger partial charge < -0.3 is 15.4 Å². The summed E-state index contributed by atoms with van der Waals surface area (Å²) in [5, 5.41) is 0. The first-order valence-corrected chi connectivity index (χ1v) is 4.93. The summed E-state index contributed by atoms with van der Waals surface area (Å²) in [6.07, 6.45) is 0.330. The molecule has 0 bridgehead atoms. The molecule has 2 rings (SSSR count). The lowest BCUT2D eigenvalue weighted by atomic mass is 10.1. The smallest absolute Gasteiger partial charge is 0.248 e. The van der Waals surface area contributed by atoms with Crippen LogP contribution in [0.4, 0.5) is 5.69 Å². The summed E-state index contributed by atoms with van der Waals surface area (Å²) >= 11 is 0. The second-order valence-corrected chi connectivity index (χ2v) is 3.60. The predicted molar refractivity (Wildman–Crippen MR) is 58.5 cm³/mol. The number of ether oxygens (including phenoxy) is 1. The van der Waals surface area contributed by atoms with Crippen LogP contribution in [0.5, 0.6) is 5.75 Å². The number of benzene rings is 1. The third-order valence-corrected chi connectivity index (χ3v) is 2.55. The molecule has 0 aliphatic carbocycles. The van der Waals surface area contributed by atoms with Crippen LogP contribution in [0.3, 0.4) is 0 Å². The Kier molecular flexibility index (Phi) is 2.52. The van der Waals surface area contributed by atoms with E-state index in [4.69, 9.17) is 10.5 Å². The van der Waals surface area contributed by atoms with Gasteiger partial charge in [0.15, 0.2) is 0 Å². The lowest BCUT2D eigenvalue weighted by molar-refractivity contribution is -0.118. The van der Waals surface area contributed by atoms with Crippen molar-refractivity contribution in [3.05, 3.63) is 23.8 Å². The SMILES string of the molecule is CN1C(=O)CCOc2cc(C(N)=O)ccc21. The number of nitrogens with two attached hydrogens (primary N) is 1. The van der Waals surface area contributed by atoms with Gasteiger partial charge in [-0.05, 0) is 18.2 Å². The van der Waals surface area contributed by atoms with E-state index < -0.39 is 5.91 Å². The molecule has 0 radical (unpaired) electrons. The van der Waals surface area contributed by atoms with E-state index in [9.17, 15) is 9.59 Å². The van der Waals surface area contributed by atoms with Gasteiger partial charge >= 0.3 is 0 Å². The molecule has 1 aromatic rings. The summed E-state index contributed by atoms with van der Waals surface area (Å²) in [5.41, 5.74) is 6.21. The van der Waals surface area contributed by atoms with Gasteiger partial charge in [0.05, 0.1) is 18.7 Å². The minimum Gasteiger partial charge on any atom is -0.491 e. The van der Waals surface area contributed by atoms with Crippen molar-refractivity contribution >= 4 is 17.5 Å². The third kappa shape index (κ3) is 1.71. The predicted octanol–water partition coefficient (Wildman–Crippen LogP) is 0.531. The highest BCUT2D eigenvalue weighted by atomic mass is 16.5. The fourth-order valence-electron chi connectivity index (χ4n) is 1.61. The number of hydrogen-bond acceptors (Lipinski definition) is 3. The van der Waals surface area contributed by atoms with E-state index in [1.54, 1.807) is 25.2 Å². The summed E-state index contributed by atoms with van der Waals surface area (Å²) < 4.78 is 5.41. The molecule has 2 amide bonds. The zero-order chi connectivity index (χ0) is 11.7. The number of hydrogen-bond donors (Lipinski definition) is 1. The van der Waals surface area contributed by atoms with Gasteiger partial charge in [0.2, 0.25) is 11.8 Å². The maximum absolute atomic E-state index is 11.5. The average molecular weight is 220 g/mol. The number of rotatable bonds is 1. The quantitative estimate of drug-likeness (QED) is 0.750. The van der Waals surface area contributed by atoms with Crippen LogP contribution in [-0.4, -0.2) is 25.5 Å². The maximum Gasteiger partial charge on any atom is 0.248 e. The number of anilines is 1. The van der Waals surface area contributed by atoms with Crippen LogP contribution in [0.15, 0.2) is 18.2 Å². The number of carbonyl (C=O) groups excluding carboxylic acids is 2. The molecule has 2 N–H and O–H groups in total. The second kappa shape index (κ2) is 3.84.